The molecular formula is C21H19N3. The van der Waals surface area contributed by atoms with Gasteiger partial charge in [0.1, 0.15) is 17.5 Å². The summed E-state index contributed by atoms with van der Waals surface area (Å²) in [7, 11) is 0. The molecule has 0 saturated carbocycles. The molecule has 0 amide bonds. The summed E-state index contributed by atoms with van der Waals surface area (Å²) in [6, 6.07) is 18.4. The molecule has 0 aliphatic heterocycles. The van der Waals surface area contributed by atoms with Crippen LogP contribution >= 0.6 is 0 Å². The summed E-state index contributed by atoms with van der Waals surface area (Å²) in [5.74, 6) is 0.272. The van der Waals surface area contributed by atoms with E-state index in [2.05, 4.69) is 43.1 Å². The smallest absolute Gasteiger partial charge is 0.142 e. The highest BCUT2D eigenvalue weighted by molar-refractivity contribution is 5.82. The number of hydrogen-bond acceptors (Lipinski definition) is 3. The van der Waals surface area contributed by atoms with Crippen molar-refractivity contribution in [3.05, 3.63) is 70.8 Å². The SMILES string of the molecule is Cc1ccc(C)c(-c2cc(-c3ccccc3C)c(C#N)c(N)n2)c1. The fourth-order valence-electron chi connectivity index (χ4n) is 2.92. The summed E-state index contributed by atoms with van der Waals surface area (Å²) < 4.78 is 0. The normalized spacial score (nSPS) is 10.4. The van der Waals surface area contributed by atoms with E-state index in [1.807, 2.05) is 37.3 Å². The third-order valence-electron chi connectivity index (χ3n) is 4.26. The molecule has 3 heteroatoms. The first-order chi connectivity index (χ1) is 11.5. The van der Waals surface area contributed by atoms with Gasteiger partial charge in [0.15, 0.2) is 0 Å². The number of aromatic nitrogens is 1. The van der Waals surface area contributed by atoms with Crippen LogP contribution in [0.1, 0.15) is 22.3 Å². The molecule has 3 aromatic rings. The van der Waals surface area contributed by atoms with E-state index in [0.717, 1.165) is 39.1 Å². The van der Waals surface area contributed by atoms with Crippen molar-refractivity contribution in [1.82, 2.24) is 4.98 Å². The van der Waals surface area contributed by atoms with Gasteiger partial charge in [0.2, 0.25) is 0 Å². The first-order valence-electron chi connectivity index (χ1n) is 7.85. The van der Waals surface area contributed by atoms with Crippen LogP contribution in [0.5, 0.6) is 0 Å². The first-order valence-corrected chi connectivity index (χ1v) is 7.85. The minimum Gasteiger partial charge on any atom is -0.383 e. The van der Waals surface area contributed by atoms with Gasteiger partial charge in [-0.1, -0.05) is 42.0 Å². The molecule has 0 aliphatic rings. The lowest BCUT2D eigenvalue weighted by Crippen LogP contribution is -2.01. The Labute approximate surface area is 142 Å². The van der Waals surface area contributed by atoms with Crippen molar-refractivity contribution in [2.75, 3.05) is 5.73 Å². The predicted octanol–water partition coefficient (Wildman–Crippen LogP) is 4.79. The number of nitrogens with zero attached hydrogens (tertiary/aromatic N) is 2. The Balaban J connectivity index is 2.31. The second kappa shape index (κ2) is 6.17. The number of rotatable bonds is 2. The number of hydrogen-bond donors (Lipinski definition) is 1. The number of anilines is 1. The van der Waals surface area contributed by atoms with E-state index in [-0.39, 0.29) is 5.82 Å². The molecule has 0 unspecified atom stereocenters. The average molecular weight is 313 g/mol. The quantitative estimate of drug-likeness (QED) is 0.739. The minimum atomic E-state index is 0.272. The van der Waals surface area contributed by atoms with E-state index >= 15 is 0 Å². The highest BCUT2D eigenvalue weighted by Gasteiger charge is 2.15. The molecular weight excluding hydrogens is 294 g/mol. The molecule has 118 valence electrons. The van der Waals surface area contributed by atoms with Gasteiger partial charge >= 0.3 is 0 Å². The topological polar surface area (TPSA) is 62.7 Å². The van der Waals surface area contributed by atoms with Crippen LogP contribution in [-0.2, 0) is 0 Å². The molecule has 0 atom stereocenters. The largest absolute Gasteiger partial charge is 0.383 e. The highest BCUT2D eigenvalue weighted by atomic mass is 14.8. The monoisotopic (exact) mass is 313 g/mol. The van der Waals surface area contributed by atoms with Gasteiger partial charge in [-0.25, -0.2) is 4.98 Å². The predicted molar refractivity (Wildman–Crippen MR) is 98.4 cm³/mol. The summed E-state index contributed by atoms with van der Waals surface area (Å²) >= 11 is 0. The van der Waals surface area contributed by atoms with Gasteiger partial charge in [-0.15, -0.1) is 0 Å². The molecule has 0 fully saturated rings. The Morgan fingerprint density at radius 1 is 0.875 bits per heavy atom. The summed E-state index contributed by atoms with van der Waals surface area (Å²) in [6.45, 7) is 6.14. The van der Waals surface area contributed by atoms with Crippen molar-refractivity contribution in [3.8, 4) is 28.5 Å². The van der Waals surface area contributed by atoms with Crippen LogP contribution in [0.4, 0.5) is 5.82 Å². The fourth-order valence-corrected chi connectivity index (χ4v) is 2.92. The second-order valence-corrected chi connectivity index (χ2v) is 6.06. The number of benzene rings is 2. The zero-order chi connectivity index (χ0) is 17.3. The van der Waals surface area contributed by atoms with Gasteiger partial charge < -0.3 is 5.73 Å². The molecule has 0 bridgehead atoms. The number of nitriles is 1. The van der Waals surface area contributed by atoms with Gasteiger partial charge in [-0.3, -0.25) is 0 Å². The van der Waals surface area contributed by atoms with E-state index < -0.39 is 0 Å². The standard InChI is InChI=1S/C21H19N3/c1-13-8-9-15(3)17(10-13)20-11-18(19(12-22)21(23)24-20)16-7-5-4-6-14(16)2/h4-11H,1-3H3,(H2,23,24). The number of pyridine rings is 1. The molecule has 0 radical (unpaired) electrons. The van der Waals surface area contributed by atoms with Gasteiger partial charge in [-0.2, -0.15) is 5.26 Å². The number of aryl methyl sites for hydroxylation is 3. The van der Waals surface area contributed by atoms with Crippen molar-refractivity contribution >= 4 is 5.82 Å². The lowest BCUT2D eigenvalue weighted by atomic mass is 9.94. The lowest BCUT2D eigenvalue weighted by molar-refractivity contribution is 1.28. The van der Waals surface area contributed by atoms with Crippen LogP contribution in [0, 0.1) is 32.1 Å². The van der Waals surface area contributed by atoms with Crippen LogP contribution in [0.2, 0.25) is 0 Å². The molecule has 1 heterocycles. The number of nitrogens with two attached hydrogens (primary N) is 1. The highest BCUT2D eigenvalue weighted by Crippen LogP contribution is 2.34. The van der Waals surface area contributed by atoms with Crippen LogP contribution in [0.15, 0.2) is 48.5 Å². The maximum atomic E-state index is 9.54. The molecule has 24 heavy (non-hydrogen) atoms. The van der Waals surface area contributed by atoms with Crippen LogP contribution in [-0.4, -0.2) is 4.98 Å². The molecule has 3 nitrogen and oxygen atoms in total. The van der Waals surface area contributed by atoms with Crippen LogP contribution < -0.4 is 5.73 Å². The van der Waals surface area contributed by atoms with E-state index in [1.54, 1.807) is 0 Å². The van der Waals surface area contributed by atoms with Crippen LogP contribution in [0.3, 0.4) is 0 Å². The molecule has 0 saturated heterocycles. The Bertz CT molecular complexity index is 965. The van der Waals surface area contributed by atoms with E-state index in [1.165, 1.54) is 0 Å². The Morgan fingerprint density at radius 3 is 2.29 bits per heavy atom. The minimum absolute atomic E-state index is 0.272. The first kappa shape index (κ1) is 15.8. The lowest BCUT2D eigenvalue weighted by Gasteiger charge is -2.13. The zero-order valence-electron chi connectivity index (χ0n) is 14.1. The van der Waals surface area contributed by atoms with Gasteiger partial charge in [0.05, 0.1) is 5.69 Å². The van der Waals surface area contributed by atoms with Gasteiger partial charge in [0.25, 0.3) is 0 Å². The van der Waals surface area contributed by atoms with Crippen molar-refractivity contribution < 1.29 is 0 Å². The maximum Gasteiger partial charge on any atom is 0.142 e. The van der Waals surface area contributed by atoms with E-state index in [4.69, 9.17) is 5.73 Å². The van der Waals surface area contributed by atoms with Crippen LogP contribution in [0.25, 0.3) is 22.4 Å². The second-order valence-electron chi connectivity index (χ2n) is 6.06. The zero-order valence-corrected chi connectivity index (χ0v) is 14.1. The molecule has 2 N–H and O–H groups in total. The molecule has 0 spiro atoms. The van der Waals surface area contributed by atoms with Crippen molar-refractivity contribution in [2.45, 2.75) is 20.8 Å². The summed E-state index contributed by atoms with van der Waals surface area (Å²) in [4.78, 5) is 4.49. The molecule has 3 rings (SSSR count). The maximum absolute atomic E-state index is 9.54. The van der Waals surface area contributed by atoms with Crippen molar-refractivity contribution in [1.29, 1.82) is 5.26 Å². The Morgan fingerprint density at radius 2 is 1.58 bits per heavy atom. The van der Waals surface area contributed by atoms with E-state index in [9.17, 15) is 5.26 Å². The van der Waals surface area contributed by atoms with Crippen molar-refractivity contribution in [3.63, 3.8) is 0 Å². The fraction of sp³-hybridized carbons (Fsp3) is 0.143. The van der Waals surface area contributed by atoms with Gasteiger partial charge in [0, 0.05) is 11.1 Å². The van der Waals surface area contributed by atoms with Gasteiger partial charge in [-0.05, 0) is 49.6 Å². The summed E-state index contributed by atoms with van der Waals surface area (Å²) in [5, 5.41) is 9.54. The molecule has 2 aromatic carbocycles. The third kappa shape index (κ3) is 2.75. The average Bonchev–Trinajstić information content (AvgIpc) is 2.57. The van der Waals surface area contributed by atoms with Crippen molar-refractivity contribution in [2.24, 2.45) is 0 Å². The van der Waals surface area contributed by atoms with E-state index in [0.29, 0.717) is 5.56 Å². The molecule has 1 aromatic heterocycles. The molecule has 0 aliphatic carbocycles. The Hall–Kier alpha value is -3.12. The summed E-state index contributed by atoms with van der Waals surface area (Å²) in [6.07, 6.45) is 0. The summed E-state index contributed by atoms with van der Waals surface area (Å²) in [5.41, 5.74) is 13.6. The Kier molecular flexibility index (Phi) is 4.05. The number of nitrogen functional groups attached to an aromatic ring is 1. The third-order valence-corrected chi connectivity index (χ3v) is 4.26.